The number of carbonyl (C=O) groups excluding carboxylic acids is 1. The van der Waals surface area contributed by atoms with Gasteiger partial charge in [-0.15, -0.1) is 0 Å². The summed E-state index contributed by atoms with van der Waals surface area (Å²) in [5, 5.41) is 7.01. The predicted octanol–water partition coefficient (Wildman–Crippen LogP) is 1.81. The molecule has 3 heterocycles. The van der Waals surface area contributed by atoms with Crippen molar-refractivity contribution in [3.63, 3.8) is 0 Å². The largest absolute Gasteiger partial charge is 0.481 e. The minimum Gasteiger partial charge on any atom is -0.481 e. The average Bonchev–Trinajstić information content (AvgIpc) is 3.16. The number of methoxy groups -OCH3 is 1. The molecule has 1 N–H and O–H groups in total. The molecule has 0 saturated carbocycles. The van der Waals surface area contributed by atoms with E-state index in [1.165, 1.54) is 17.0 Å². The molecule has 0 aliphatic carbocycles. The lowest BCUT2D eigenvalue weighted by Gasteiger charge is -2.20. The number of rotatable bonds is 7. The van der Waals surface area contributed by atoms with Crippen molar-refractivity contribution in [1.29, 1.82) is 0 Å². The van der Waals surface area contributed by atoms with Crippen molar-refractivity contribution in [2.45, 2.75) is 19.0 Å². The summed E-state index contributed by atoms with van der Waals surface area (Å²) in [6.07, 6.45) is 5.17. The zero-order chi connectivity index (χ0) is 18.4. The maximum Gasteiger partial charge on any atom is 0.347 e. The van der Waals surface area contributed by atoms with E-state index >= 15 is 0 Å². The first-order valence-corrected chi connectivity index (χ1v) is 8.92. The Hall–Kier alpha value is -3.00. The Labute approximate surface area is 154 Å². The van der Waals surface area contributed by atoms with Crippen LogP contribution >= 0.6 is 11.3 Å². The molecule has 3 rings (SSSR count). The molecule has 3 aromatic heterocycles. The molecule has 8 heteroatoms. The van der Waals surface area contributed by atoms with E-state index in [9.17, 15) is 9.59 Å². The maximum absolute atomic E-state index is 12.5. The van der Waals surface area contributed by atoms with Crippen LogP contribution in [0.4, 0.5) is 0 Å². The van der Waals surface area contributed by atoms with Crippen LogP contribution in [0.15, 0.2) is 58.4 Å². The number of ether oxygens (including phenoxy) is 1. The van der Waals surface area contributed by atoms with Crippen LogP contribution in [0.3, 0.4) is 0 Å². The number of hydrogen-bond acceptors (Lipinski definition) is 6. The molecule has 134 valence electrons. The molecule has 0 aliphatic heterocycles. The Balaban J connectivity index is 1.82. The molecule has 3 aromatic rings. The van der Waals surface area contributed by atoms with Gasteiger partial charge in [-0.1, -0.05) is 6.07 Å². The second-order valence-corrected chi connectivity index (χ2v) is 6.37. The lowest BCUT2D eigenvalue weighted by Crippen LogP contribution is -2.36. The van der Waals surface area contributed by atoms with Crippen molar-refractivity contribution in [1.82, 2.24) is 19.9 Å². The zero-order valence-electron chi connectivity index (χ0n) is 14.2. The lowest BCUT2D eigenvalue weighted by molar-refractivity contribution is -0.122. The zero-order valence-corrected chi connectivity index (χ0v) is 15.0. The van der Waals surface area contributed by atoms with Gasteiger partial charge in [-0.25, -0.2) is 14.8 Å². The molecular formula is C18H18N4O3S. The number of aromatic nitrogens is 3. The summed E-state index contributed by atoms with van der Waals surface area (Å²) in [4.78, 5) is 32.1. The summed E-state index contributed by atoms with van der Waals surface area (Å²) >= 11 is 1.60. The fraction of sp³-hybridized carbons (Fsp3) is 0.222. The van der Waals surface area contributed by atoms with Gasteiger partial charge in [0.05, 0.1) is 13.2 Å². The number of hydrogen-bond donors (Lipinski definition) is 1. The number of nitrogens with one attached hydrogen (secondary N) is 1. The Kier molecular flexibility index (Phi) is 5.75. The minimum absolute atomic E-state index is 0.102. The summed E-state index contributed by atoms with van der Waals surface area (Å²) in [5.41, 5.74) is 1.42. The van der Waals surface area contributed by atoms with Gasteiger partial charge in [-0.05, 0) is 40.9 Å². The van der Waals surface area contributed by atoms with E-state index in [1.54, 1.807) is 36.8 Å². The summed E-state index contributed by atoms with van der Waals surface area (Å²) < 4.78 is 6.60. The van der Waals surface area contributed by atoms with Crippen LogP contribution in [-0.2, 0) is 17.8 Å². The van der Waals surface area contributed by atoms with E-state index in [0.29, 0.717) is 12.3 Å². The highest BCUT2D eigenvalue weighted by Crippen LogP contribution is 2.26. The molecule has 0 spiro atoms. The molecule has 1 atom stereocenters. The van der Waals surface area contributed by atoms with E-state index in [1.807, 2.05) is 22.9 Å². The van der Waals surface area contributed by atoms with E-state index in [0.717, 1.165) is 11.1 Å². The highest BCUT2D eigenvalue weighted by molar-refractivity contribution is 7.07. The summed E-state index contributed by atoms with van der Waals surface area (Å²) in [5.74, 6) is 0.179. The van der Waals surface area contributed by atoms with E-state index in [2.05, 4.69) is 15.3 Å². The van der Waals surface area contributed by atoms with Gasteiger partial charge in [-0.3, -0.25) is 9.36 Å². The smallest absolute Gasteiger partial charge is 0.347 e. The molecular weight excluding hydrogens is 352 g/mol. The van der Waals surface area contributed by atoms with Gasteiger partial charge in [0.15, 0.2) is 0 Å². The molecule has 0 bridgehead atoms. The van der Waals surface area contributed by atoms with Crippen LogP contribution in [0.1, 0.15) is 17.2 Å². The Morgan fingerprint density at radius 2 is 2.15 bits per heavy atom. The van der Waals surface area contributed by atoms with Gasteiger partial charge >= 0.3 is 5.69 Å². The molecule has 0 saturated heterocycles. The third-order valence-electron chi connectivity index (χ3n) is 3.82. The topological polar surface area (TPSA) is 86.1 Å². The summed E-state index contributed by atoms with van der Waals surface area (Å²) in [7, 11) is 1.55. The average molecular weight is 370 g/mol. The normalized spacial score (nSPS) is 11.7. The fourth-order valence-corrected chi connectivity index (χ4v) is 3.31. The third-order valence-corrected chi connectivity index (χ3v) is 4.55. The van der Waals surface area contributed by atoms with Gasteiger partial charge in [0, 0.05) is 24.2 Å². The van der Waals surface area contributed by atoms with Gasteiger partial charge < -0.3 is 10.1 Å². The molecule has 0 fully saturated rings. The Morgan fingerprint density at radius 3 is 2.88 bits per heavy atom. The second-order valence-electron chi connectivity index (χ2n) is 5.59. The third kappa shape index (κ3) is 4.34. The fourth-order valence-electron chi connectivity index (χ4n) is 2.62. The first kappa shape index (κ1) is 17.8. The Bertz CT molecular complexity index is 924. The van der Waals surface area contributed by atoms with Crippen molar-refractivity contribution < 1.29 is 9.53 Å². The van der Waals surface area contributed by atoms with Crippen molar-refractivity contribution in [3.05, 3.63) is 75.2 Å². The molecule has 26 heavy (non-hydrogen) atoms. The molecule has 7 nitrogen and oxygen atoms in total. The first-order chi connectivity index (χ1) is 12.7. The molecule has 1 amide bonds. The van der Waals surface area contributed by atoms with Crippen LogP contribution in [0.25, 0.3) is 0 Å². The Morgan fingerprint density at radius 1 is 1.31 bits per heavy atom. The van der Waals surface area contributed by atoms with Gasteiger partial charge in [0.1, 0.15) is 6.54 Å². The monoisotopic (exact) mass is 370 g/mol. The highest BCUT2D eigenvalue weighted by atomic mass is 32.1. The minimum atomic E-state index is -0.462. The standard InChI is InChI=1S/C18H18N4O3S/c1-25-17-14(4-2-6-19-17)15(10-13-5-9-26-12-13)21-16(23)11-22-8-3-7-20-18(22)24/h2-9,12,15H,10-11H2,1H3,(H,21,23)/t15-/m0/s1. The molecule has 0 unspecified atom stereocenters. The van der Waals surface area contributed by atoms with Gasteiger partial charge in [-0.2, -0.15) is 11.3 Å². The number of amides is 1. The molecule has 0 radical (unpaired) electrons. The number of carbonyl (C=O) groups is 1. The van der Waals surface area contributed by atoms with Gasteiger partial charge in [0.25, 0.3) is 0 Å². The SMILES string of the molecule is COc1ncccc1[C@H](Cc1ccsc1)NC(=O)Cn1cccnc1=O. The van der Waals surface area contributed by atoms with Crippen LogP contribution < -0.4 is 15.7 Å². The van der Waals surface area contributed by atoms with Crippen LogP contribution in [-0.4, -0.2) is 27.6 Å². The lowest BCUT2D eigenvalue weighted by atomic mass is 10.0. The quantitative estimate of drug-likeness (QED) is 0.685. The van der Waals surface area contributed by atoms with Crippen molar-refractivity contribution in [2.24, 2.45) is 0 Å². The van der Waals surface area contributed by atoms with E-state index in [-0.39, 0.29) is 18.5 Å². The van der Waals surface area contributed by atoms with E-state index < -0.39 is 5.69 Å². The van der Waals surface area contributed by atoms with Crippen LogP contribution in [0.5, 0.6) is 5.88 Å². The molecule has 0 aliphatic rings. The predicted molar refractivity (Wildman–Crippen MR) is 98.2 cm³/mol. The first-order valence-electron chi connectivity index (χ1n) is 7.98. The van der Waals surface area contributed by atoms with Crippen molar-refractivity contribution in [3.8, 4) is 5.88 Å². The number of pyridine rings is 1. The van der Waals surface area contributed by atoms with Crippen LogP contribution in [0.2, 0.25) is 0 Å². The van der Waals surface area contributed by atoms with Crippen molar-refractivity contribution >= 4 is 17.2 Å². The number of nitrogens with zero attached hydrogens (tertiary/aromatic N) is 3. The molecule has 0 aromatic carbocycles. The summed E-state index contributed by atoms with van der Waals surface area (Å²) in [6, 6.07) is 6.98. The van der Waals surface area contributed by atoms with E-state index in [4.69, 9.17) is 4.74 Å². The number of thiophene rings is 1. The van der Waals surface area contributed by atoms with Crippen molar-refractivity contribution in [2.75, 3.05) is 7.11 Å². The highest BCUT2D eigenvalue weighted by Gasteiger charge is 2.20. The maximum atomic E-state index is 12.5. The van der Waals surface area contributed by atoms with Gasteiger partial charge in [0.2, 0.25) is 11.8 Å². The summed E-state index contributed by atoms with van der Waals surface area (Å²) in [6.45, 7) is -0.102. The van der Waals surface area contributed by atoms with Crippen LogP contribution in [0, 0.1) is 0 Å². The second kappa shape index (κ2) is 8.39.